The zero-order valence-corrected chi connectivity index (χ0v) is 15.7. The molecule has 0 unspecified atom stereocenters. The molecule has 24 heavy (non-hydrogen) atoms. The van der Waals surface area contributed by atoms with Crippen molar-refractivity contribution >= 4 is 15.9 Å². The van der Waals surface area contributed by atoms with Crippen LogP contribution in [0.15, 0.2) is 23.1 Å². The lowest BCUT2D eigenvalue weighted by Gasteiger charge is -2.26. The predicted octanol–water partition coefficient (Wildman–Crippen LogP) is 1.19. The molecule has 1 aromatic rings. The van der Waals surface area contributed by atoms with Crippen LogP contribution in [0.4, 0.5) is 0 Å². The molecule has 1 rings (SSSR count). The molecular formula is C16H27N3O4S. The first-order chi connectivity index (χ1) is 11.1. The fourth-order valence-corrected chi connectivity index (χ4v) is 3.15. The molecule has 0 spiro atoms. The standard InChI is InChI=1S/C16H27N3O4S/c1-6-16(17,7-2)11-18-15(20)12-8-9-13(23-5)14(10-12)24(21,22)19(3)4/h8-10H,6-7,11,17H2,1-5H3,(H,18,20). The summed E-state index contributed by atoms with van der Waals surface area (Å²) in [6, 6.07) is 4.32. The first-order valence-corrected chi connectivity index (χ1v) is 9.23. The molecule has 0 saturated heterocycles. The Hall–Kier alpha value is -1.64. The summed E-state index contributed by atoms with van der Waals surface area (Å²) >= 11 is 0. The van der Waals surface area contributed by atoms with E-state index in [0.29, 0.717) is 6.54 Å². The van der Waals surface area contributed by atoms with E-state index in [-0.39, 0.29) is 22.1 Å². The molecular weight excluding hydrogens is 330 g/mol. The Labute approximate surface area is 144 Å². The number of methoxy groups -OCH3 is 1. The van der Waals surface area contributed by atoms with Crippen LogP contribution in [0.1, 0.15) is 37.0 Å². The maximum absolute atomic E-state index is 12.4. The molecule has 1 aromatic carbocycles. The number of nitrogens with zero attached hydrogens (tertiary/aromatic N) is 1. The van der Waals surface area contributed by atoms with Gasteiger partial charge in [0.15, 0.2) is 0 Å². The third-order valence-electron chi connectivity index (χ3n) is 4.19. The minimum absolute atomic E-state index is 0.0485. The number of nitrogens with one attached hydrogen (secondary N) is 1. The summed E-state index contributed by atoms with van der Waals surface area (Å²) in [6.45, 7) is 4.25. The van der Waals surface area contributed by atoms with Crippen molar-refractivity contribution in [3.8, 4) is 5.75 Å². The van der Waals surface area contributed by atoms with Gasteiger partial charge in [0.2, 0.25) is 10.0 Å². The molecule has 0 aromatic heterocycles. The smallest absolute Gasteiger partial charge is 0.251 e. The van der Waals surface area contributed by atoms with Crippen LogP contribution in [0.25, 0.3) is 0 Å². The van der Waals surface area contributed by atoms with E-state index in [1.165, 1.54) is 39.4 Å². The van der Waals surface area contributed by atoms with Crippen LogP contribution in [0.5, 0.6) is 5.75 Å². The predicted molar refractivity (Wildman–Crippen MR) is 93.7 cm³/mol. The number of hydrogen-bond donors (Lipinski definition) is 2. The third kappa shape index (κ3) is 4.46. The fourth-order valence-electron chi connectivity index (χ4n) is 2.07. The largest absolute Gasteiger partial charge is 0.495 e. The second kappa shape index (κ2) is 7.96. The van der Waals surface area contributed by atoms with Crippen molar-refractivity contribution in [3.63, 3.8) is 0 Å². The van der Waals surface area contributed by atoms with E-state index in [9.17, 15) is 13.2 Å². The lowest BCUT2D eigenvalue weighted by Crippen LogP contribution is -2.49. The van der Waals surface area contributed by atoms with Crippen LogP contribution < -0.4 is 15.8 Å². The minimum Gasteiger partial charge on any atom is -0.495 e. The highest BCUT2D eigenvalue weighted by Crippen LogP contribution is 2.27. The number of sulfonamides is 1. The van der Waals surface area contributed by atoms with Crippen LogP contribution in [-0.4, -0.2) is 51.9 Å². The number of carbonyl (C=O) groups is 1. The second-order valence-corrected chi connectivity index (χ2v) is 8.03. The van der Waals surface area contributed by atoms with Gasteiger partial charge in [0.25, 0.3) is 5.91 Å². The van der Waals surface area contributed by atoms with Gasteiger partial charge < -0.3 is 15.8 Å². The number of carbonyl (C=O) groups excluding carboxylic acids is 1. The quantitative estimate of drug-likeness (QED) is 0.728. The van der Waals surface area contributed by atoms with Crippen molar-refractivity contribution in [2.45, 2.75) is 37.1 Å². The Kier molecular flexibility index (Phi) is 6.76. The first kappa shape index (κ1) is 20.4. The van der Waals surface area contributed by atoms with Gasteiger partial charge in [0, 0.05) is 31.7 Å². The molecule has 0 atom stereocenters. The maximum Gasteiger partial charge on any atom is 0.251 e. The third-order valence-corrected chi connectivity index (χ3v) is 6.03. The lowest BCUT2D eigenvalue weighted by molar-refractivity contribution is 0.0942. The number of ether oxygens (including phenoxy) is 1. The first-order valence-electron chi connectivity index (χ1n) is 7.79. The van der Waals surface area contributed by atoms with Crippen molar-refractivity contribution in [2.75, 3.05) is 27.7 Å². The lowest BCUT2D eigenvalue weighted by atomic mass is 9.94. The van der Waals surface area contributed by atoms with Gasteiger partial charge in [-0.3, -0.25) is 4.79 Å². The zero-order chi connectivity index (χ0) is 18.5. The summed E-state index contributed by atoms with van der Waals surface area (Å²) in [7, 11) is 0.506. The molecule has 3 N–H and O–H groups in total. The van der Waals surface area contributed by atoms with E-state index in [2.05, 4.69) is 5.32 Å². The summed E-state index contributed by atoms with van der Waals surface area (Å²) in [4.78, 5) is 12.3. The van der Waals surface area contributed by atoms with E-state index >= 15 is 0 Å². The van der Waals surface area contributed by atoms with Gasteiger partial charge in [0.1, 0.15) is 10.6 Å². The van der Waals surface area contributed by atoms with Gasteiger partial charge in [-0.25, -0.2) is 12.7 Å². The van der Waals surface area contributed by atoms with Crippen molar-refractivity contribution in [1.29, 1.82) is 0 Å². The molecule has 8 heteroatoms. The van der Waals surface area contributed by atoms with E-state index in [0.717, 1.165) is 17.1 Å². The highest BCUT2D eigenvalue weighted by molar-refractivity contribution is 7.89. The highest BCUT2D eigenvalue weighted by atomic mass is 32.2. The van der Waals surface area contributed by atoms with Crippen molar-refractivity contribution in [3.05, 3.63) is 23.8 Å². The van der Waals surface area contributed by atoms with Crippen LogP contribution in [0.2, 0.25) is 0 Å². The monoisotopic (exact) mass is 357 g/mol. The summed E-state index contributed by atoms with van der Waals surface area (Å²) < 4.78 is 31.0. The number of hydrogen-bond acceptors (Lipinski definition) is 5. The molecule has 0 aliphatic heterocycles. The number of benzene rings is 1. The molecule has 0 aliphatic carbocycles. The van der Waals surface area contributed by atoms with Gasteiger partial charge >= 0.3 is 0 Å². The molecule has 0 bridgehead atoms. The Morgan fingerprint density at radius 2 is 1.88 bits per heavy atom. The van der Waals surface area contributed by atoms with Crippen molar-refractivity contribution in [2.24, 2.45) is 5.73 Å². The van der Waals surface area contributed by atoms with Crippen LogP contribution in [0, 0.1) is 0 Å². The molecule has 0 radical (unpaired) electrons. The summed E-state index contributed by atoms with van der Waals surface area (Å²) in [6.07, 6.45) is 1.46. The Bertz CT molecular complexity index is 683. The van der Waals surface area contributed by atoms with Crippen LogP contribution in [0.3, 0.4) is 0 Å². The molecule has 0 heterocycles. The van der Waals surface area contributed by atoms with Gasteiger partial charge in [0.05, 0.1) is 7.11 Å². The van der Waals surface area contributed by atoms with E-state index in [4.69, 9.17) is 10.5 Å². The second-order valence-electron chi connectivity index (χ2n) is 5.91. The number of amides is 1. The molecule has 0 aliphatic rings. The Balaban J connectivity index is 3.12. The minimum atomic E-state index is -3.72. The molecule has 0 saturated carbocycles. The van der Waals surface area contributed by atoms with Crippen molar-refractivity contribution < 1.29 is 17.9 Å². The van der Waals surface area contributed by atoms with Gasteiger partial charge in [-0.15, -0.1) is 0 Å². The molecule has 7 nitrogen and oxygen atoms in total. The van der Waals surface area contributed by atoms with E-state index in [1.807, 2.05) is 13.8 Å². The average molecular weight is 357 g/mol. The molecule has 0 fully saturated rings. The van der Waals surface area contributed by atoms with Crippen molar-refractivity contribution in [1.82, 2.24) is 9.62 Å². The normalized spacial score (nSPS) is 12.3. The van der Waals surface area contributed by atoms with Crippen LogP contribution >= 0.6 is 0 Å². The SMILES string of the molecule is CCC(N)(CC)CNC(=O)c1ccc(OC)c(S(=O)(=O)N(C)C)c1. The molecule has 136 valence electrons. The summed E-state index contributed by atoms with van der Waals surface area (Å²) in [5.74, 6) is -0.180. The Morgan fingerprint density at radius 1 is 1.29 bits per heavy atom. The topological polar surface area (TPSA) is 102 Å². The highest BCUT2D eigenvalue weighted by Gasteiger charge is 2.25. The average Bonchev–Trinajstić information content (AvgIpc) is 2.58. The van der Waals surface area contributed by atoms with Gasteiger partial charge in [-0.2, -0.15) is 0 Å². The number of nitrogens with two attached hydrogens (primary N) is 1. The fraction of sp³-hybridized carbons (Fsp3) is 0.562. The molecule has 1 amide bonds. The maximum atomic E-state index is 12.4. The van der Waals surface area contributed by atoms with Gasteiger partial charge in [-0.1, -0.05) is 13.8 Å². The van der Waals surface area contributed by atoms with Gasteiger partial charge in [-0.05, 0) is 31.0 Å². The Morgan fingerprint density at radius 3 is 2.33 bits per heavy atom. The summed E-state index contributed by atoms with van der Waals surface area (Å²) in [5, 5.41) is 2.77. The van der Waals surface area contributed by atoms with E-state index in [1.54, 1.807) is 0 Å². The van der Waals surface area contributed by atoms with Crippen LogP contribution in [-0.2, 0) is 10.0 Å². The van der Waals surface area contributed by atoms with E-state index < -0.39 is 15.6 Å². The number of rotatable bonds is 8. The summed E-state index contributed by atoms with van der Waals surface area (Å²) in [5.41, 5.74) is 5.94. The zero-order valence-electron chi connectivity index (χ0n) is 14.9.